The van der Waals surface area contributed by atoms with Crippen LogP contribution in [0.3, 0.4) is 0 Å². The van der Waals surface area contributed by atoms with E-state index in [1.807, 2.05) is 0 Å². The highest BCUT2D eigenvalue weighted by molar-refractivity contribution is 5.49. The van der Waals surface area contributed by atoms with Crippen LogP contribution in [0.5, 0.6) is 11.5 Å². The molecule has 2 N–H and O–H groups in total. The van der Waals surface area contributed by atoms with Crippen LogP contribution in [0.4, 0.5) is 4.39 Å². The molecule has 88 valence electrons. The number of hydrogen-bond donors (Lipinski definition) is 2. The summed E-state index contributed by atoms with van der Waals surface area (Å²) in [4.78, 5) is 0. The number of ether oxygens (including phenoxy) is 2. The molecule has 1 aromatic carbocycles. The molecule has 4 nitrogen and oxygen atoms in total. The fourth-order valence-corrected chi connectivity index (χ4v) is 1.69. The van der Waals surface area contributed by atoms with Gasteiger partial charge in [0, 0.05) is 12.1 Å². The van der Waals surface area contributed by atoms with E-state index in [0.29, 0.717) is 31.1 Å². The van der Waals surface area contributed by atoms with Gasteiger partial charge in [-0.15, -0.1) is 0 Å². The van der Waals surface area contributed by atoms with E-state index < -0.39 is 11.9 Å². The zero-order valence-electron chi connectivity index (χ0n) is 9.00. The maximum atomic E-state index is 13.4. The fourth-order valence-electron chi connectivity index (χ4n) is 1.69. The van der Waals surface area contributed by atoms with Crippen LogP contribution < -0.4 is 14.8 Å². The Labute approximate surface area is 93.0 Å². The highest BCUT2D eigenvalue weighted by Crippen LogP contribution is 2.38. The molecule has 1 atom stereocenters. The van der Waals surface area contributed by atoms with Crippen molar-refractivity contribution in [2.45, 2.75) is 6.10 Å². The molecule has 1 heterocycles. The van der Waals surface area contributed by atoms with Gasteiger partial charge >= 0.3 is 0 Å². The van der Waals surface area contributed by atoms with Gasteiger partial charge in [0.2, 0.25) is 0 Å². The van der Waals surface area contributed by atoms with E-state index in [-0.39, 0.29) is 5.75 Å². The van der Waals surface area contributed by atoms with Gasteiger partial charge in [0.25, 0.3) is 0 Å². The normalized spacial score (nSPS) is 15.9. The van der Waals surface area contributed by atoms with E-state index in [9.17, 15) is 9.50 Å². The molecule has 1 aromatic rings. The van der Waals surface area contributed by atoms with Crippen molar-refractivity contribution in [3.63, 3.8) is 0 Å². The number of aliphatic hydroxyl groups excluding tert-OH is 1. The molecule has 1 unspecified atom stereocenters. The van der Waals surface area contributed by atoms with Gasteiger partial charge in [-0.2, -0.15) is 0 Å². The quantitative estimate of drug-likeness (QED) is 0.803. The zero-order valence-corrected chi connectivity index (χ0v) is 9.00. The Balaban J connectivity index is 2.38. The van der Waals surface area contributed by atoms with Crippen LogP contribution in [0.2, 0.25) is 0 Å². The minimum absolute atomic E-state index is 0.0962. The number of likely N-dealkylation sites (N-methyl/N-ethyl adjacent to an activating group) is 1. The Hall–Kier alpha value is -1.33. The van der Waals surface area contributed by atoms with Crippen LogP contribution in [-0.2, 0) is 0 Å². The van der Waals surface area contributed by atoms with Crippen molar-refractivity contribution in [1.82, 2.24) is 5.32 Å². The SMILES string of the molecule is CNCC(O)c1ccc(F)c2c1OCCO2. The van der Waals surface area contributed by atoms with Crippen molar-refractivity contribution in [2.75, 3.05) is 26.8 Å². The first-order chi connectivity index (χ1) is 7.74. The number of rotatable bonds is 3. The van der Waals surface area contributed by atoms with Gasteiger partial charge < -0.3 is 19.9 Å². The predicted molar refractivity (Wildman–Crippen MR) is 56.3 cm³/mol. The molecule has 1 aliphatic heterocycles. The Kier molecular flexibility index (Phi) is 3.26. The summed E-state index contributed by atoms with van der Waals surface area (Å²) in [6, 6.07) is 2.80. The lowest BCUT2D eigenvalue weighted by Crippen LogP contribution is -2.21. The second-order valence-electron chi connectivity index (χ2n) is 3.57. The molecule has 0 fully saturated rings. The summed E-state index contributed by atoms with van der Waals surface area (Å²) in [6.07, 6.45) is -0.735. The molecule has 0 aromatic heterocycles. The van der Waals surface area contributed by atoms with Gasteiger partial charge in [0.05, 0.1) is 6.10 Å². The van der Waals surface area contributed by atoms with Gasteiger partial charge in [-0.1, -0.05) is 0 Å². The molecule has 0 spiro atoms. The molecular formula is C11H14FNO3. The number of nitrogens with one attached hydrogen (secondary N) is 1. The van der Waals surface area contributed by atoms with E-state index in [4.69, 9.17) is 9.47 Å². The minimum Gasteiger partial charge on any atom is -0.486 e. The topological polar surface area (TPSA) is 50.7 Å². The van der Waals surface area contributed by atoms with Crippen molar-refractivity contribution in [2.24, 2.45) is 0 Å². The fraction of sp³-hybridized carbons (Fsp3) is 0.455. The predicted octanol–water partition coefficient (Wildman–Crippen LogP) is 0.850. The monoisotopic (exact) mass is 227 g/mol. The summed E-state index contributed by atoms with van der Waals surface area (Å²) in [5.41, 5.74) is 0.547. The van der Waals surface area contributed by atoms with E-state index in [1.165, 1.54) is 12.1 Å². The van der Waals surface area contributed by atoms with Gasteiger partial charge in [0.15, 0.2) is 17.3 Å². The molecule has 0 radical (unpaired) electrons. The molecule has 2 rings (SSSR count). The highest BCUT2D eigenvalue weighted by atomic mass is 19.1. The molecule has 1 aliphatic rings. The number of halogens is 1. The maximum Gasteiger partial charge on any atom is 0.197 e. The van der Waals surface area contributed by atoms with Crippen LogP contribution in [-0.4, -0.2) is 31.9 Å². The van der Waals surface area contributed by atoms with Crippen molar-refractivity contribution in [3.05, 3.63) is 23.5 Å². The highest BCUT2D eigenvalue weighted by Gasteiger charge is 2.23. The standard InChI is InChI=1S/C11H14FNO3/c1-13-6-9(14)7-2-3-8(12)11-10(7)15-4-5-16-11/h2-3,9,13-14H,4-6H2,1H3. The Morgan fingerprint density at radius 3 is 2.75 bits per heavy atom. The second-order valence-corrected chi connectivity index (χ2v) is 3.57. The smallest absolute Gasteiger partial charge is 0.197 e. The van der Waals surface area contributed by atoms with Crippen LogP contribution in [0.1, 0.15) is 11.7 Å². The second kappa shape index (κ2) is 4.67. The Morgan fingerprint density at radius 1 is 1.38 bits per heavy atom. The summed E-state index contributed by atoms with van der Waals surface area (Å²) < 4.78 is 23.9. The van der Waals surface area contributed by atoms with Gasteiger partial charge in [-0.05, 0) is 19.2 Å². The van der Waals surface area contributed by atoms with Gasteiger partial charge in [0.1, 0.15) is 13.2 Å². The summed E-state index contributed by atoms with van der Waals surface area (Å²) in [5.74, 6) is -0.0528. The zero-order chi connectivity index (χ0) is 11.5. The van der Waals surface area contributed by atoms with Crippen molar-refractivity contribution < 1.29 is 19.0 Å². The van der Waals surface area contributed by atoms with E-state index in [1.54, 1.807) is 7.05 Å². The minimum atomic E-state index is -0.735. The van der Waals surface area contributed by atoms with Crippen molar-refractivity contribution in [1.29, 1.82) is 0 Å². The average Bonchev–Trinajstić information content (AvgIpc) is 2.30. The first kappa shape index (κ1) is 11.2. The lowest BCUT2D eigenvalue weighted by atomic mass is 10.1. The van der Waals surface area contributed by atoms with E-state index in [0.717, 1.165) is 0 Å². The summed E-state index contributed by atoms with van der Waals surface area (Å²) in [5, 5.41) is 12.7. The van der Waals surface area contributed by atoms with E-state index >= 15 is 0 Å². The van der Waals surface area contributed by atoms with Crippen LogP contribution in [0, 0.1) is 5.82 Å². The molecular weight excluding hydrogens is 213 g/mol. The van der Waals surface area contributed by atoms with Gasteiger partial charge in [-0.3, -0.25) is 0 Å². The molecule has 0 saturated heterocycles. The van der Waals surface area contributed by atoms with Crippen molar-refractivity contribution >= 4 is 0 Å². The average molecular weight is 227 g/mol. The Bertz CT molecular complexity index is 384. The first-order valence-corrected chi connectivity index (χ1v) is 5.14. The largest absolute Gasteiger partial charge is 0.486 e. The molecule has 16 heavy (non-hydrogen) atoms. The summed E-state index contributed by atoms with van der Waals surface area (Å²) in [6.45, 7) is 1.08. The van der Waals surface area contributed by atoms with Gasteiger partial charge in [-0.25, -0.2) is 4.39 Å². The third-order valence-electron chi connectivity index (χ3n) is 2.43. The number of hydrogen-bond acceptors (Lipinski definition) is 4. The van der Waals surface area contributed by atoms with Crippen LogP contribution >= 0.6 is 0 Å². The molecule has 0 aliphatic carbocycles. The van der Waals surface area contributed by atoms with Crippen LogP contribution in [0.15, 0.2) is 12.1 Å². The van der Waals surface area contributed by atoms with E-state index in [2.05, 4.69) is 5.32 Å². The third-order valence-corrected chi connectivity index (χ3v) is 2.43. The molecule has 0 bridgehead atoms. The molecule has 0 amide bonds. The first-order valence-electron chi connectivity index (χ1n) is 5.14. The number of benzene rings is 1. The summed E-state index contributed by atoms with van der Waals surface area (Å²) >= 11 is 0. The number of fused-ring (bicyclic) bond motifs is 1. The third kappa shape index (κ3) is 1.96. The molecule has 0 saturated carbocycles. The lowest BCUT2D eigenvalue weighted by Gasteiger charge is -2.23. The lowest BCUT2D eigenvalue weighted by molar-refractivity contribution is 0.142. The van der Waals surface area contributed by atoms with Crippen molar-refractivity contribution in [3.8, 4) is 11.5 Å². The Morgan fingerprint density at radius 2 is 2.06 bits per heavy atom. The maximum absolute atomic E-state index is 13.4. The van der Waals surface area contributed by atoms with Crippen LogP contribution in [0.25, 0.3) is 0 Å². The molecule has 5 heteroatoms. The number of aliphatic hydroxyl groups is 1. The summed E-state index contributed by atoms with van der Waals surface area (Å²) in [7, 11) is 1.73.